The van der Waals surface area contributed by atoms with E-state index in [1.165, 1.54) is 17.3 Å². The summed E-state index contributed by atoms with van der Waals surface area (Å²) >= 11 is 1.45. The van der Waals surface area contributed by atoms with Crippen LogP contribution in [-0.2, 0) is 16.8 Å². The van der Waals surface area contributed by atoms with E-state index in [9.17, 15) is 4.79 Å². The average molecular weight is 423 g/mol. The minimum atomic E-state index is -0.277. The highest BCUT2D eigenvalue weighted by Gasteiger charge is 2.23. The number of rotatable bonds is 6. The molecule has 1 amide bonds. The van der Waals surface area contributed by atoms with Crippen LogP contribution in [0.1, 0.15) is 40.2 Å². The van der Waals surface area contributed by atoms with Gasteiger partial charge in [-0.05, 0) is 37.0 Å². The number of amides is 1. The molecule has 0 aliphatic heterocycles. The Hall–Kier alpha value is -2.60. The molecule has 0 spiro atoms. The average Bonchev–Trinajstić information content (AvgIpc) is 3.15. The number of benzene rings is 2. The quantitative estimate of drug-likeness (QED) is 0.499. The first-order chi connectivity index (χ1) is 14.2. The van der Waals surface area contributed by atoms with E-state index in [0.717, 1.165) is 28.8 Å². The van der Waals surface area contributed by atoms with Crippen molar-refractivity contribution < 1.29 is 4.79 Å². The summed E-state index contributed by atoms with van der Waals surface area (Å²) < 4.78 is 2.07. The molecular weight excluding hydrogens is 392 g/mol. The Bertz CT molecular complexity index is 990. The lowest BCUT2D eigenvalue weighted by atomic mass is 9.87. The predicted octanol–water partition coefficient (Wildman–Crippen LogP) is 5.41. The van der Waals surface area contributed by atoms with E-state index in [-0.39, 0.29) is 16.6 Å². The van der Waals surface area contributed by atoms with Crippen LogP contribution in [0.25, 0.3) is 11.4 Å². The summed E-state index contributed by atoms with van der Waals surface area (Å²) in [5.74, 6) is 0.865. The topological polar surface area (TPSA) is 51.0 Å². The van der Waals surface area contributed by atoms with Gasteiger partial charge in [-0.1, -0.05) is 75.0 Å². The Morgan fingerprint density at radius 1 is 1.07 bits per heavy atom. The third kappa shape index (κ3) is 4.75. The van der Waals surface area contributed by atoms with E-state index in [4.69, 9.17) is 0 Å². The molecule has 2 aromatic carbocycles. The monoisotopic (exact) mass is 422 g/mol. The fraction of sp³-hybridized carbons (Fsp3) is 0.375. The summed E-state index contributed by atoms with van der Waals surface area (Å²) in [5, 5.41) is 9.31. The molecule has 0 saturated heterocycles. The normalized spacial score (nSPS) is 12.6. The second kappa shape index (κ2) is 9.04. The van der Waals surface area contributed by atoms with E-state index in [1.807, 2.05) is 44.3 Å². The molecule has 1 atom stereocenters. The number of carbonyl (C=O) groups excluding carboxylic acids is 1. The molecule has 1 heterocycles. The van der Waals surface area contributed by atoms with Crippen molar-refractivity contribution in [2.24, 2.45) is 0 Å². The maximum atomic E-state index is 12.9. The molecule has 5 nitrogen and oxygen atoms in total. The zero-order chi connectivity index (χ0) is 21.9. The largest absolute Gasteiger partial charge is 0.315 e. The van der Waals surface area contributed by atoms with Crippen LogP contribution in [0.5, 0.6) is 0 Å². The first-order valence-electron chi connectivity index (χ1n) is 10.3. The van der Waals surface area contributed by atoms with Gasteiger partial charge in [-0.15, -0.1) is 10.2 Å². The van der Waals surface area contributed by atoms with Crippen molar-refractivity contribution in [3.05, 3.63) is 60.2 Å². The van der Waals surface area contributed by atoms with E-state index < -0.39 is 0 Å². The molecule has 0 fully saturated rings. The lowest BCUT2D eigenvalue weighted by Crippen LogP contribution is -2.33. The fourth-order valence-corrected chi connectivity index (χ4v) is 4.26. The van der Waals surface area contributed by atoms with Gasteiger partial charge >= 0.3 is 0 Å². The molecule has 3 aromatic rings. The zero-order valence-electron chi connectivity index (χ0n) is 18.6. The Kier molecular flexibility index (Phi) is 6.66. The molecule has 0 saturated carbocycles. The lowest BCUT2D eigenvalue weighted by Gasteiger charge is -2.21. The minimum absolute atomic E-state index is 0.0351. The van der Waals surface area contributed by atoms with Gasteiger partial charge in [-0.25, -0.2) is 0 Å². The van der Waals surface area contributed by atoms with Crippen molar-refractivity contribution in [2.75, 3.05) is 11.9 Å². The highest BCUT2D eigenvalue weighted by atomic mass is 32.2. The smallest absolute Gasteiger partial charge is 0.240 e. The van der Waals surface area contributed by atoms with Crippen LogP contribution in [0, 0.1) is 0 Å². The third-order valence-corrected chi connectivity index (χ3v) is 6.21. The minimum Gasteiger partial charge on any atom is -0.315 e. The zero-order valence-corrected chi connectivity index (χ0v) is 19.4. The van der Waals surface area contributed by atoms with E-state index >= 15 is 0 Å². The molecule has 30 heavy (non-hydrogen) atoms. The number of hydrogen-bond acceptors (Lipinski definition) is 4. The molecule has 3 rings (SSSR count). The Morgan fingerprint density at radius 3 is 2.27 bits per heavy atom. The summed E-state index contributed by atoms with van der Waals surface area (Å²) in [6.07, 6.45) is 0. The molecule has 0 N–H and O–H groups in total. The van der Waals surface area contributed by atoms with Gasteiger partial charge in [0.25, 0.3) is 0 Å². The van der Waals surface area contributed by atoms with Crippen molar-refractivity contribution in [1.82, 2.24) is 14.8 Å². The molecule has 0 aliphatic carbocycles. The van der Waals surface area contributed by atoms with Gasteiger partial charge in [0, 0.05) is 24.8 Å². The van der Waals surface area contributed by atoms with Crippen molar-refractivity contribution >= 4 is 23.4 Å². The van der Waals surface area contributed by atoms with Crippen LogP contribution < -0.4 is 4.90 Å². The number of para-hydroxylation sites is 1. The molecule has 0 bridgehead atoms. The maximum Gasteiger partial charge on any atom is 0.240 e. The highest BCUT2D eigenvalue weighted by Crippen LogP contribution is 2.30. The number of aromatic nitrogens is 3. The molecule has 1 unspecified atom stereocenters. The summed E-state index contributed by atoms with van der Waals surface area (Å²) in [6, 6.07) is 18.2. The number of hydrogen-bond donors (Lipinski definition) is 0. The number of anilines is 1. The van der Waals surface area contributed by atoms with Crippen LogP contribution in [-0.4, -0.2) is 33.0 Å². The second-order valence-electron chi connectivity index (χ2n) is 8.37. The Morgan fingerprint density at radius 2 is 1.70 bits per heavy atom. The summed E-state index contributed by atoms with van der Waals surface area (Å²) in [5.41, 5.74) is 3.31. The number of carbonyl (C=O) groups is 1. The van der Waals surface area contributed by atoms with Crippen LogP contribution in [0.2, 0.25) is 0 Å². The molecule has 6 heteroatoms. The second-order valence-corrected chi connectivity index (χ2v) is 9.68. The van der Waals surface area contributed by atoms with E-state index in [0.29, 0.717) is 0 Å². The third-order valence-electron chi connectivity index (χ3n) is 5.15. The Labute approximate surface area is 183 Å². The highest BCUT2D eigenvalue weighted by molar-refractivity contribution is 8.00. The molecule has 158 valence electrons. The molecule has 1 aromatic heterocycles. The molecule has 0 aliphatic rings. The van der Waals surface area contributed by atoms with Gasteiger partial charge in [-0.3, -0.25) is 4.79 Å². The van der Waals surface area contributed by atoms with Crippen LogP contribution >= 0.6 is 11.8 Å². The fourth-order valence-electron chi connectivity index (χ4n) is 3.25. The molecule has 0 radical (unpaired) electrons. The predicted molar refractivity (Wildman–Crippen MR) is 125 cm³/mol. The van der Waals surface area contributed by atoms with Crippen LogP contribution in [0.15, 0.2) is 59.8 Å². The van der Waals surface area contributed by atoms with Crippen LogP contribution in [0.3, 0.4) is 0 Å². The number of thioether (sulfide) groups is 1. The van der Waals surface area contributed by atoms with Gasteiger partial charge < -0.3 is 9.47 Å². The van der Waals surface area contributed by atoms with Gasteiger partial charge in [0.1, 0.15) is 0 Å². The van der Waals surface area contributed by atoms with Gasteiger partial charge in [0.15, 0.2) is 11.0 Å². The summed E-state index contributed by atoms with van der Waals surface area (Å²) in [4.78, 5) is 14.6. The van der Waals surface area contributed by atoms with Crippen molar-refractivity contribution in [3.63, 3.8) is 0 Å². The van der Waals surface area contributed by atoms with E-state index in [2.05, 4.69) is 66.7 Å². The summed E-state index contributed by atoms with van der Waals surface area (Å²) in [7, 11) is 1.81. The first kappa shape index (κ1) is 22.1. The first-order valence-corrected chi connectivity index (χ1v) is 11.1. The maximum absolute atomic E-state index is 12.9. The van der Waals surface area contributed by atoms with Gasteiger partial charge in [-0.2, -0.15) is 0 Å². The number of nitrogens with zero attached hydrogens (tertiary/aromatic N) is 4. The SMILES string of the molecule is CCn1c(SC(C)C(=O)N(C)c2ccccc2)nnc1-c1ccc(C(C)(C)C)cc1. The van der Waals surface area contributed by atoms with E-state index in [1.54, 1.807) is 4.90 Å². The van der Waals surface area contributed by atoms with Crippen molar-refractivity contribution in [2.45, 2.75) is 57.0 Å². The van der Waals surface area contributed by atoms with Crippen LogP contribution in [0.4, 0.5) is 5.69 Å². The Balaban J connectivity index is 1.79. The molecular formula is C24H30N4OS. The van der Waals surface area contributed by atoms with Gasteiger partial charge in [0.05, 0.1) is 5.25 Å². The lowest BCUT2D eigenvalue weighted by molar-refractivity contribution is -0.117. The van der Waals surface area contributed by atoms with Crippen molar-refractivity contribution in [1.29, 1.82) is 0 Å². The standard InChI is InChI=1S/C24H30N4OS/c1-7-28-21(18-13-15-19(16-14-18)24(3,4)5)25-26-23(28)30-17(2)22(29)27(6)20-11-9-8-10-12-20/h8-17H,7H2,1-6H3. The van der Waals surface area contributed by atoms with Gasteiger partial charge in [0.2, 0.25) is 5.91 Å². The van der Waals surface area contributed by atoms with Crippen molar-refractivity contribution in [3.8, 4) is 11.4 Å². The summed E-state index contributed by atoms with van der Waals surface area (Å²) in [6.45, 7) is 11.3.